The van der Waals surface area contributed by atoms with Gasteiger partial charge in [0.05, 0.1) is 12.6 Å². The monoisotopic (exact) mass is 332 g/mol. The summed E-state index contributed by atoms with van der Waals surface area (Å²) in [6, 6.07) is 11.6. The number of aliphatic hydroxyl groups excluding tert-OH is 1. The molecule has 0 fully saturated rings. The van der Waals surface area contributed by atoms with E-state index in [9.17, 15) is 9.90 Å². The normalized spacial score (nSPS) is 12.2. The molecule has 3 rings (SSSR count). The van der Waals surface area contributed by atoms with Crippen molar-refractivity contribution in [3.63, 3.8) is 0 Å². The van der Waals surface area contributed by atoms with Crippen molar-refractivity contribution in [3.05, 3.63) is 57.6 Å². The molecule has 6 heteroatoms. The molecule has 1 unspecified atom stereocenters. The number of hydrogen-bond acceptors (Lipinski definition) is 4. The Bertz CT molecular complexity index is 752. The van der Waals surface area contributed by atoms with Gasteiger partial charge in [-0.1, -0.05) is 24.3 Å². The highest BCUT2D eigenvalue weighted by Gasteiger charge is 2.14. The van der Waals surface area contributed by atoms with Crippen LogP contribution < -0.4 is 10.6 Å². The van der Waals surface area contributed by atoms with Gasteiger partial charge in [-0.2, -0.15) is 0 Å². The van der Waals surface area contributed by atoms with Crippen LogP contribution in [0.1, 0.15) is 16.5 Å². The highest BCUT2D eigenvalue weighted by atomic mass is 32.1. The van der Waals surface area contributed by atoms with Gasteiger partial charge in [0.2, 0.25) is 0 Å². The Morgan fingerprint density at radius 1 is 1.14 bits per heavy atom. The summed E-state index contributed by atoms with van der Waals surface area (Å²) in [5.41, 5.74) is 0.860. The maximum atomic E-state index is 11.7. The largest absolute Gasteiger partial charge is 0.387 e. The first-order valence-corrected chi connectivity index (χ1v) is 8.68. The van der Waals surface area contributed by atoms with Gasteiger partial charge in [-0.25, -0.2) is 4.79 Å². The van der Waals surface area contributed by atoms with Crippen LogP contribution in [-0.2, 0) is 6.54 Å². The second-order valence-corrected chi connectivity index (χ2v) is 6.79. The summed E-state index contributed by atoms with van der Waals surface area (Å²) >= 11 is 3.20. The molecule has 114 valence electrons. The van der Waals surface area contributed by atoms with Crippen LogP contribution in [0.5, 0.6) is 0 Å². The first-order chi connectivity index (χ1) is 10.7. The molecule has 0 spiro atoms. The molecule has 0 saturated heterocycles. The van der Waals surface area contributed by atoms with Crippen molar-refractivity contribution in [2.45, 2.75) is 12.6 Å². The van der Waals surface area contributed by atoms with Crippen LogP contribution in [0.4, 0.5) is 4.79 Å². The van der Waals surface area contributed by atoms with E-state index < -0.39 is 6.10 Å². The minimum absolute atomic E-state index is 0.191. The van der Waals surface area contributed by atoms with Gasteiger partial charge >= 0.3 is 6.03 Å². The van der Waals surface area contributed by atoms with E-state index in [2.05, 4.69) is 10.6 Å². The van der Waals surface area contributed by atoms with Gasteiger partial charge in [0.25, 0.3) is 0 Å². The predicted molar refractivity (Wildman–Crippen MR) is 91.3 cm³/mol. The standard InChI is InChI=1S/C16H16N2O2S2/c19-14(13-10-22-15-6-2-1-5-12(13)15)9-18-16(20)17-8-11-4-3-7-21-11/h1-7,10,14,19H,8-9H2,(H2,17,18,20). The van der Waals surface area contributed by atoms with E-state index >= 15 is 0 Å². The van der Waals surface area contributed by atoms with E-state index in [1.807, 2.05) is 47.2 Å². The quantitative estimate of drug-likeness (QED) is 0.670. The number of thiophene rings is 2. The average molecular weight is 332 g/mol. The van der Waals surface area contributed by atoms with Crippen LogP contribution in [0.2, 0.25) is 0 Å². The fourth-order valence-electron chi connectivity index (χ4n) is 2.20. The minimum Gasteiger partial charge on any atom is -0.387 e. The second kappa shape index (κ2) is 6.91. The van der Waals surface area contributed by atoms with Gasteiger partial charge < -0.3 is 15.7 Å². The molecule has 1 aromatic carbocycles. The summed E-state index contributed by atoms with van der Waals surface area (Å²) in [6.45, 7) is 0.692. The number of urea groups is 1. The van der Waals surface area contributed by atoms with Crippen molar-refractivity contribution in [3.8, 4) is 0 Å². The molecule has 2 heterocycles. The molecule has 3 aromatic rings. The molecule has 0 aliphatic rings. The number of hydrogen-bond donors (Lipinski definition) is 3. The highest BCUT2D eigenvalue weighted by Crippen LogP contribution is 2.29. The summed E-state index contributed by atoms with van der Waals surface area (Å²) in [6.07, 6.45) is -0.705. The van der Waals surface area contributed by atoms with E-state index in [4.69, 9.17) is 0 Å². The average Bonchev–Trinajstić information content (AvgIpc) is 3.19. The molecule has 2 amide bonds. The Labute approximate surface area is 136 Å². The van der Waals surface area contributed by atoms with Crippen LogP contribution in [0.3, 0.4) is 0 Å². The topological polar surface area (TPSA) is 61.4 Å². The third-order valence-electron chi connectivity index (χ3n) is 3.33. The van der Waals surface area contributed by atoms with Gasteiger partial charge in [-0.3, -0.25) is 0 Å². The molecule has 1 atom stereocenters. The third-order valence-corrected chi connectivity index (χ3v) is 5.19. The lowest BCUT2D eigenvalue weighted by Crippen LogP contribution is -2.37. The van der Waals surface area contributed by atoms with Gasteiger partial charge in [0.15, 0.2) is 0 Å². The minimum atomic E-state index is -0.705. The molecule has 0 aliphatic carbocycles. The van der Waals surface area contributed by atoms with Crippen LogP contribution in [0.15, 0.2) is 47.2 Å². The number of aliphatic hydroxyl groups is 1. The Morgan fingerprint density at radius 2 is 2.00 bits per heavy atom. The SMILES string of the molecule is O=C(NCc1cccs1)NCC(O)c1csc2ccccc12. The van der Waals surface area contributed by atoms with E-state index in [1.165, 1.54) is 0 Å². The summed E-state index contributed by atoms with van der Waals surface area (Å²) < 4.78 is 1.14. The van der Waals surface area contributed by atoms with Gasteiger partial charge in [-0.05, 0) is 28.3 Å². The van der Waals surface area contributed by atoms with Crippen molar-refractivity contribution in [1.29, 1.82) is 0 Å². The first-order valence-electron chi connectivity index (χ1n) is 6.92. The maximum Gasteiger partial charge on any atom is 0.315 e. The molecule has 0 radical (unpaired) electrons. The van der Waals surface area contributed by atoms with Crippen LogP contribution in [0, 0.1) is 0 Å². The molecule has 0 saturated carbocycles. The molecule has 4 nitrogen and oxygen atoms in total. The molecular formula is C16H16N2O2S2. The summed E-state index contributed by atoms with van der Waals surface area (Å²) in [5.74, 6) is 0. The lowest BCUT2D eigenvalue weighted by Gasteiger charge is -2.12. The summed E-state index contributed by atoms with van der Waals surface area (Å²) in [5, 5.41) is 20.7. The predicted octanol–water partition coefficient (Wildman–Crippen LogP) is 3.50. The van der Waals surface area contributed by atoms with E-state index in [-0.39, 0.29) is 12.6 Å². The summed E-state index contributed by atoms with van der Waals surface area (Å²) in [4.78, 5) is 12.8. The van der Waals surface area contributed by atoms with Gasteiger partial charge in [0.1, 0.15) is 0 Å². The second-order valence-electron chi connectivity index (χ2n) is 4.85. The number of amides is 2. The molecular weight excluding hydrogens is 316 g/mol. The third kappa shape index (κ3) is 3.47. The van der Waals surface area contributed by atoms with Crippen molar-refractivity contribution in [1.82, 2.24) is 10.6 Å². The zero-order chi connectivity index (χ0) is 15.4. The smallest absolute Gasteiger partial charge is 0.315 e. The number of benzene rings is 1. The van der Waals surface area contributed by atoms with E-state index in [0.717, 1.165) is 20.5 Å². The number of nitrogens with one attached hydrogen (secondary N) is 2. The molecule has 22 heavy (non-hydrogen) atoms. The van der Waals surface area contributed by atoms with E-state index in [0.29, 0.717) is 6.54 Å². The molecule has 0 aliphatic heterocycles. The van der Waals surface area contributed by atoms with Crippen molar-refractivity contribution in [2.75, 3.05) is 6.54 Å². The highest BCUT2D eigenvalue weighted by molar-refractivity contribution is 7.17. The molecule has 2 aromatic heterocycles. The Kier molecular flexibility index (Phi) is 4.72. The van der Waals surface area contributed by atoms with Crippen LogP contribution in [0.25, 0.3) is 10.1 Å². The Balaban J connectivity index is 1.53. The number of carbonyl (C=O) groups excluding carboxylic acids is 1. The zero-order valence-corrected chi connectivity index (χ0v) is 13.4. The number of rotatable bonds is 5. The Morgan fingerprint density at radius 3 is 2.82 bits per heavy atom. The molecule has 0 bridgehead atoms. The molecule has 3 N–H and O–H groups in total. The maximum absolute atomic E-state index is 11.7. The van der Waals surface area contributed by atoms with Crippen molar-refractivity contribution in [2.24, 2.45) is 0 Å². The fourth-order valence-corrected chi connectivity index (χ4v) is 3.85. The zero-order valence-electron chi connectivity index (χ0n) is 11.8. The van der Waals surface area contributed by atoms with Gasteiger partial charge in [-0.15, -0.1) is 22.7 Å². The Hall–Kier alpha value is -1.89. The van der Waals surface area contributed by atoms with Crippen LogP contribution >= 0.6 is 22.7 Å². The van der Waals surface area contributed by atoms with E-state index in [1.54, 1.807) is 22.7 Å². The van der Waals surface area contributed by atoms with Gasteiger partial charge in [0, 0.05) is 21.7 Å². The lowest BCUT2D eigenvalue weighted by atomic mass is 10.1. The number of carbonyl (C=O) groups is 1. The fraction of sp³-hybridized carbons (Fsp3) is 0.188. The van der Waals surface area contributed by atoms with Crippen molar-refractivity contribution >= 4 is 38.8 Å². The lowest BCUT2D eigenvalue weighted by molar-refractivity contribution is 0.175. The van der Waals surface area contributed by atoms with Crippen molar-refractivity contribution < 1.29 is 9.90 Å². The summed E-state index contributed by atoms with van der Waals surface area (Å²) in [7, 11) is 0. The number of fused-ring (bicyclic) bond motifs is 1. The first kappa shape index (κ1) is 15.0. The van der Waals surface area contributed by atoms with Crippen LogP contribution in [-0.4, -0.2) is 17.7 Å².